The van der Waals surface area contributed by atoms with Crippen molar-refractivity contribution < 1.29 is 27.5 Å². The number of benzene rings is 3. The summed E-state index contributed by atoms with van der Waals surface area (Å²) in [4.78, 5) is 25.0. The van der Waals surface area contributed by atoms with E-state index in [4.69, 9.17) is 9.47 Å². The van der Waals surface area contributed by atoms with Gasteiger partial charge in [0.25, 0.3) is 0 Å². The monoisotopic (exact) mass is 509 g/mol. The number of aryl methyl sites for hydroxylation is 1. The van der Waals surface area contributed by atoms with Crippen LogP contribution in [0, 0.1) is 0 Å². The Labute approximate surface area is 209 Å². The Kier molecular flexibility index (Phi) is 7.56. The quantitative estimate of drug-likeness (QED) is 0.407. The first-order chi connectivity index (χ1) is 17.3. The van der Waals surface area contributed by atoms with Gasteiger partial charge in [0.1, 0.15) is 17.5 Å². The smallest absolute Gasteiger partial charge is 0.243 e. The third kappa shape index (κ3) is 5.84. The first-order valence-corrected chi connectivity index (χ1v) is 12.8. The molecule has 0 saturated heterocycles. The molecule has 2 amide bonds. The fourth-order valence-electron chi connectivity index (χ4n) is 3.94. The Hall–Kier alpha value is -3.89. The Balaban J connectivity index is 1.61. The van der Waals surface area contributed by atoms with Crippen molar-refractivity contribution in [2.24, 2.45) is 0 Å². The maximum atomic E-state index is 13.3. The Morgan fingerprint density at radius 3 is 2.50 bits per heavy atom. The van der Waals surface area contributed by atoms with Gasteiger partial charge >= 0.3 is 0 Å². The maximum Gasteiger partial charge on any atom is 0.243 e. The van der Waals surface area contributed by atoms with Crippen molar-refractivity contribution in [1.29, 1.82) is 0 Å². The SMILES string of the molecule is COc1ccc(NC(=O)[C@@H](Cc2ccccc2)NS(=O)(=O)c2ccc3c(c2)CCC(=O)N3)c(OC)c1. The van der Waals surface area contributed by atoms with Gasteiger partial charge in [-0.05, 0) is 54.3 Å². The molecule has 0 spiro atoms. The number of carbonyl (C=O) groups is 2. The fraction of sp³-hybridized carbons (Fsp3) is 0.231. The number of rotatable bonds is 9. The van der Waals surface area contributed by atoms with Crippen LogP contribution in [-0.2, 0) is 32.5 Å². The molecule has 3 aromatic rings. The molecule has 10 heteroatoms. The summed E-state index contributed by atoms with van der Waals surface area (Å²) in [5.74, 6) is 0.275. The lowest BCUT2D eigenvalue weighted by molar-refractivity contribution is -0.118. The molecule has 188 valence electrons. The standard InChI is InChI=1S/C26H27N3O6S/c1-34-19-9-11-22(24(16-19)35-2)28-26(31)23(14-17-6-4-3-5-7-17)29-36(32,33)20-10-12-21-18(15-20)8-13-25(30)27-21/h3-7,9-12,15-16,23,29H,8,13-14H2,1-2H3,(H,27,30)(H,28,31)/t23-/m1/s1. The number of carbonyl (C=O) groups excluding carboxylic acids is 2. The second kappa shape index (κ2) is 10.8. The minimum absolute atomic E-state index is 0.0188. The summed E-state index contributed by atoms with van der Waals surface area (Å²) in [7, 11) is -1.08. The molecule has 3 aromatic carbocycles. The zero-order chi connectivity index (χ0) is 25.7. The van der Waals surface area contributed by atoms with Crippen LogP contribution in [0.3, 0.4) is 0 Å². The summed E-state index contributed by atoms with van der Waals surface area (Å²) in [6.07, 6.45) is 0.855. The first kappa shape index (κ1) is 25.2. The van der Waals surface area contributed by atoms with Crippen molar-refractivity contribution >= 4 is 33.2 Å². The van der Waals surface area contributed by atoms with Gasteiger partial charge in [-0.15, -0.1) is 0 Å². The van der Waals surface area contributed by atoms with Crippen molar-refractivity contribution in [3.8, 4) is 11.5 Å². The molecule has 1 aliphatic heterocycles. The van der Waals surface area contributed by atoms with Crippen LogP contribution in [0.5, 0.6) is 11.5 Å². The third-order valence-corrected chi connectivity index (χ3v) is 7.31. The second-order valence-corrected chi connectivity index (χ2v) is 10.0. The molecule has 9 nitrogen and oxygen atoms in total. The molecular formula is C26H27N3O6S. The average molecular weight is 510 g/mol. The zero-order valence-electron chi connectivity index (χ0n) is 19.9. The van der Waals surface area contributed by atoms with Gasteiger partial charge in [0.05, 0.1) is 24.8 Å². The molecule has 4 rings (SSSR count). The number of hydrogen-bond donors (Lipinski definition) is 3. The molecule has 36 heavy (non-hydrogen) atoms. The number of fused-ring (bicyclic) bond motifs is 1. The summed E-state index contributed by atoms with van der Waals surface area (Å²) in [6.45, 7) is 0. The number of sulfonamides is 1. The molecule has 0 saturated carbocycles. The van der Waals surface area contributed by atoms with Crippen LogP contribution in [-0.4, -0.2) is 40.5 Å². The predicted octanol–water partition coefficient (Wildman–Crippen LogP) is 3.12. The molecular weight excluding hydrogens is 482 g/mol. The minimum atomic E-state index is -4.07. The number of methoxy groups -OCH3 is 2. The molecule has 0 aromatic heterocycles. The maximum absolute atomic E-state index is 13.3. The van der Waals surface area contributed by atoms with Crippen molar-refractivity contribution in [3.05, 3.63) is 77.9 Å². The Morgan fingerprint density at radius 2 is 1.78 bits per heavy atom. The van der Waals surface area contributed by atoms with Crippen molar-refractivity contribution in [1.82, 2.24) is 4.72 Å². The van der Waals surface area contributed by atoms with Gasteiger partial charge in [-0.2, -0.15) is 4.72 Å². The van der Waals surface area contributed by atoms with Gasteiger partial charge in [0.15, 0.2) is 0 Å². The average Bonchev–Trinajstić information content (AvgIpc) is 2.88. The summed E-state index contributed by atoms with van der Waals surface area (Å²) >= 11 is 0. The lowest BCUT2D eigenvalue weighted by Gasteiger charge is -2.21. The van der Waals surface area contributed by atoms with E-state index in [1.54, 1.807) is 24.3 Å². The molecule has 0 radical (unpaired) electrons. The van der Waals surface area contributed by atoms with Gasteiger partial charge in [-0.25, -0.2) is 8.42 Å². The number of anilines is 2. The number of hydrogen-bond acceptors (Lipinski definition) is 6. The highest BCUT2D eigenvalue weighted by Crippen LogP contribution is 2.30. The number of ether oxygens (including phenoxy) is 2. The van der Waals surface area contributed by atoms with Crippen LogP contribution in [0.2, 0.25) is 0 Å². The fourth-order valence-corrected chi connectivity index (χ4v) is 5.19. The highest BCUT2D eigenvalue weighted by atomic mass is 32.2. The van der Waals surface area contributed by atoms with Gasteiger partial charge in [0, 0.05) is 18.2 Å². The lowest BCUT2D eigenvalue weighted by atomic mass is 10.0. The van der Waals surface area contributed by atoms with Crippen LogP contribution in [0.1, 0.15) is 17.5 Å². The number of nitrogens with one attached hydrogen (secondary N) is 3. The lowest BCUT2D eigenvalue weighted by Crippen LogP contribution is -2.45. The van der Waals surface area contributed by atoms with E-state index in [1.807, 2.05) is 30.3 Å². The number of amides is 2. The predicted molar refractivity (Wildman–Crippen MR) is 136 cm³/mol. The molecule has 0 fully saturated rings. The molecule has 0 bridgehead atoms. The van der Waals surface area contributed by atoms with Crippen LogP contribution >= 0.6 is 0 Å². The van der Waals surface area contributed by atoms with E-state index in [0.717, 1.165) is 11.1 Å². The Morgan fingerprint density at radius 1 is 1.00 bits per heavy atom. The van der Waals surface area contributed by atoms with Gasteiger partial charge < -0.3 is 20.1 Å². The third-order valence-electron chi connectivity index (χ3n) is 5.85. The van der Waals surface area contributed by atoms with E-state index in [-0.39, 0.29) is 23.6 Å². The second-order valence-electron chi connectivity index (χ2n) is 8.29. The van der Waals surface area contributed by atoms with Crippen LogP contribution in [0.4, 0.5) is 11.4 Å². The summed E-state index contributed by atoms with van der Waals surface area (Å²) < 4.78 is 39.8. The van der Waals surface area contributed by atoms with Crippen LogP contribution < -0.4 is 24.8 Å². The molecule has 1 atom stereocenters. The van der Waals surface area contributed by atoms with E-state index in [2.05, 4.69) is 15.4 Å². The van der Waals surface area contributed by atoms with Crippen molar-refractivity contribution in [3.63, 3.8) is 0 Å². The van der Waals surface area contributed by atoms with E-state index >= 15 is 0 Å². The van der Waals surface area contributed by atoms with E-state index in [9.17, 15) is 18.0 Å². The van der Waals surface area contributed by atoms with Gasteiger partial charge in [-0.3, -0.25) is 9.59 Å². The van der Waals surface area contributed by atoms with Crippen molar-refractivity contribution in [2.75, 3.05) is 24.9 Å². The molecule has 0 unspecified atom stereocenters. The van der Waals surface area contributed by atoms with Crippen molar-refractivity contribution in [2.45, 2.75) is 30.2 Å². The highest BCUT2D eigenvalue weighted by molar-refractivity contribution is 7.89. The van der Waals surface area contributed by atoms with E-state index < -0.39 is 22.0 Å². The molecule has 1 heterocycles. The largest absolute Gasteiger partial charge is 0.497 e. The topological polar surface area (TPSA) is 123 Å². The summed E-state index contributed by atoms with van der Waals surface area (Å²) in [5.41, 5.74) is 2.49. The molecule has 1 aliphatic rings. The highest BCUT2D eigenvalue weighted by Gasteiger charge is 2.28. The Bertz CT molecular complexity index is 1380. The summed E-state index contributed by atoms with van der Waals surface area (Å²) in [5, 5.41) is 5.51. The van der Waals surface area contributed by atoms with Gasteiger partial charge in [0.2, 0.25) is 21.8 Å². The molecule has 3 N–H and O–H groups in total. The van der Waals surface area contributed by atoms with E-state index in [1.165, 1.54) is 26.4 Å². The van der Waals surface area contributed by atoms with Crippen LogP contribution in [0.25, 0.3) is 0 Å². The van der Waals surface area contributed by atoms with E-state index in [0.29, 0.717) is 29.3 Å². The van der Waals surface area contributed by atoms with Crippen LogP contribution in [0.15, 0.2) is 71.6 Å². The first-order valence-electron chi connectivity index (χ1n) is 11.3. The van der Waals surface area contributed by atoms with Gasteiger partial charge in [-0.1, -0.05) is 30.3 Å². The normalized spacial score (nSPS) is 13.8. The molecule has 0 aliphatic carbocycles. The minimum Gasteiger partial charge on any atom is -0.497 e. The summed E-state index contributed by atoms with van der Waals surface area (Å²) in [6, 6.07) is 17.4. The zero-order valence-corrected chi connectivity index (χ0v) is 20.7.